The van der Waals surface area contributed by atoms with E-state index in [9.17, 15) is 4.79 Å². The van der Waals surface area contributed by atoms with Crippen LogP contribution in [0.4, 0.5) is 0 Å². The third kappa shape index (κ3) is 1.25. The number of carbonyl (C=O) groups excluding carboxylic acids is 1. The molecule has 1 saturated heterocycles. The summed E-state index contributed by atoms with van der Waals surface area (Å²) in [5.41, 5.74) is 0. The Hall–Kier alpha value is 0.110. The summed E-state index contributed by atoms with van der Waals surface area (Å²) in [4.78, 5) is 11.9. The summed E-state index contributed by atoms with van der Waals surface area (Å²) in [6.07, 6.45) is 2.13. The first-order chi connectivity index (χ1) is 5.29. The molecule has 0 aromatic heterocycles. The highest BCUT2D eigenvalue weighted by Crippen LogP contribution is 2.34. The van der Waals surface area contributed by atoms with E-state index in [0.717, 1.165) is 12.8 Å². The van der Waals surface area contributed by atoms with Crippen molar-refractivity contribution in [1.82, 2.24) is 0 Å². The van der Waals surface area contributed by atoms with Crippen molar-refractivity contribution in [2.45, 2.75) is 17.7 Å². The lowest BCUT2D eigenvalue weighted by atomic mass is 9.79. The minimum Gasteiger partial charge on any atom is -0.380 e. The Morgan fingerprint density at radius 3 is 2.91 bits per heavy atom. The number of halogens is 1. The summed E-state index contributed by atoms with van der Waals surface area (Å²) in [5, 5.41) is 0. The average molecular weight is 219 g/mol. The minimum absolute atomic E-state index is 0.141. The Balaban J connectivity index is 2.16. The molecule has 0 unspecified atom stereocenters. The number of Topliss-reactive ketones (excluding diaryl/α,β-unsaturated/α-hetero) is 1. The molecule has 1 aliphatic carbocycles. The molecule has 2 aliphatic rings. The minimum atomic E-state index is 0.141. The molecule has 11 heavy (non-hydrogen) atoms. The van der Waals surface area contributed by atoms with Crippen LogP contribution in [0.2, 0.25) is 0 Å². The Kier molecular flexibility index (Phi) is 2.02. The fraction of sp³-hybridized carbons (Fsp3) is 0.875. The third-order valence-electron chi connectivity index (χ3n) is 2.61. The molecule has 0 aromatic carbocycles. The van der Waals surface area contributed by atoms with E-state index >= 15 is 0 Å². The maximum absolute atomic E-state index is 11.5. The number of fused-ring (bicyclic) bond motifs is 2. The van der Waals surface area contributed by atoms with Crippen LogP contribution in [0, 0.1) is 11.8 Å². The predicted octanol–water partition coefficient (Wildman–Crippen LogP) is 1.38. The van der Waals surface area contributed by atoms with Crippen LogP contribution in [0.5, 0.6) is 0 Å². The second-order valence-electron chi connectivity index (χ2n) is 3.34. The van der Waals surface area contributed by atoms with E-state index in [-0.39, 0.29) is 11.8 Å². The van der Waals surface area contributed by atoms with Gasteiger partial charge in [0.05, 0.1) is 19.1 Å². The maximum Gasteiger partial charge on any atom is 0.144 e. The molecule has 2 rings (SSSR count). The lowest BCUT2D eigenvalue weighted by molar-refractivity contribution is -0.140. The van der Waals surface area contributed by atoms with Crippen molar-refractivity contribution in [1.29, 1.82) is 0 Å². The second kappa shape index (κ2) is 2.87. The van der Waals surface area contributed by atoms with E-state index in [1.54, 1.807) is 0 Å². The highest BCUT2D eigenvalue weighted by Gasteiger charge is 2.40. The second-order valence-corrected chi connectivity index (χ2v) is 4.51. The zero-order valence-electron chi connectivity index (χ0n) is 6.25. The molecular weight excluding hydrogens is 208 g/mol. The van der Waals surface area contributed by atoms with Gasteiger partial charge in [-0.3, -0.25) is 4.79 Å². The van der Waals surface area contributed by atoms with Gasteiger partial charge in [0.2, 0.25) is 0 Å². The fourth-order valence-corrected chi connectivity index (χ4v) is 2.55. The monoisotopic (exact) mass is 218 g/mol. The lowest BCUT2D eigenvalue weighted by Crippen LogP contribution is -2.44. The Bertz CT molecular complexity index is 181. The van der Waals surface area contributed by atoms with E-state index < -0.39 is 0 Å². The van der Waals surface area contributed by atoms with Crippen molar-refractivity contribution in [2.24, 2.45) is 11.8 Å². The number of rotatable bonds is 0. The molecule has 0 amide bonds. The van der Waals surface area contributed by atoms with Crippen LogP contribution < -0.4 is 0 Å². The quantitative estimate of drug-likeness (QED) is 0.575. The van der Waals surface area contributed by atoms with Gasteiger partial charge in [-0.15, -0.1) is 0 Å². The lowest BCUT2D eigenvalue weighted by Gasteiger charge is -2.35. The molecule has 3 atom stereocenters. The smallest absolute Gasteiger partial charge is 0.144 e. The molecular formula is C8H11BrO2. The standard InChI is InChI=1S/C8H11BrO2/c9-7-2-1-5-3-11-4-6(7)8(5)10/h5-7H,1-4H2/t5-,6-,7-/m1/s1. The molecule has 1 heterocycles. The van der Waals surface area contributed by atoms with Gasteiger partial charge < -0.3 is 4.74 Å². The van der Waals surface area contributed by atoms with Crippen molar-refractivity contribution in [3.63, 3.8) is 0 Å². The third-order valence-corrected chi connectivity index (χ3v) is 3.71. The van der Waals surface area contributed by atoms with Crippen LogP contribution in [-0.4, -0.2) is 23.8 Å². The Labute approximate surface area is 74.4 Å². The number of ether oxygens (including phenoxy) is 1. The number of ketones is 1. The summed E-state index contributed by atoms with van der Waals surface area (Å²) < 4.78 is 5.33. The largest absolute Gasteiger partial charge is 0.380 e. The Morgan fingerprint density at radius 1 is 1.36 bits per heavy atom. The van der Waals surface area contributed by atoms with Gasteiger partial charge in [-0.05, 0) is 12.8 Å². The van der Waals surface area contributed by atoms with Crippen LogP contribution >= 0.6 is 15.9 Å². The molecule has 0 radical (unpaired) electrons. The van der Waals surface area contributed by atoms with Crippen molar-refractivity contribution in [2.75, 3.05) is 13.2 Å². The van der Waals surface area contributed by atoms with Gasteiger partial charge in [0.1, 0.15) is 5.78 Å². The van der Waals surface area contributed by atoms with Crippen LogP contribution in [0.1, 0.15) is 12.8 Å². The molecule has 0 spiro atoms. The van der Waals surface area contributed by atoms with E-state index in [4.69, 9.17) is 4.74 Å². The van der Waals surface area contributed by atoms with E-state index in [2.05, 4.69) is 15.9 Å². The first-order valence-electron chi connectivity index (χ1n) is 4.04. The highest BCUT2D eigenvalue weighted by molar-refractivity contribution is 9.09. The van der Waals surface area contributed by atoms with E-state index in [1.165, 1.54) is 0 Å². The molecule has 2 bridgehead atoms. The van der Waals surface area contributed by atoms with Gasteiger partial charge in [0, 0.05) is 10.7 Å². The average Bonchev–Trinajstić information content (AvgIpc) is 1.98. The molecule has 2 fully saturated rings. The molecule has 2 nitrogen and oxygen atoms in total. The predicted molar refractivity (Wildman–Crippen MR) is 44.8 cm³/mol. The summed E-state index contributed by atoms with van der Waals surface area (Å²) in [5.74, 6) is 0.773. The van der Waals surface area contributed by atoms with Gasteiger partial charge >= 0.3 is 0 Å². The van der Waals surface area contributed by atoms with Crippen molar-refractivity contribution in [3.8, 4) is 0 Å². The van der Waals surface area contributed by atoms with Crippen LogP contribution in [0.15, 0.2) is 0 Å². The molecule has 62 valence electrons. The zero-order chi connectivity index (χ0) is 7.84. The van der Waals surface area contributed by atoms with Crippen molar-refractivity contribution in [3.05, 3.63) is 0 Å². The van der Waals surface area contributed by atoms with Gasteiger partial charge in [-0.1, -0.05) is 15.9 Å². The first-order valence-corrected chi connectivity index (χ1v) is 4.96. The number of hydrogen-bond donors (Lipinski definition) is 0. The van der Waals surface area contributed by atoms with Crippen molar-refractivity contribution < 1.29 is 9.53 Å². The summed E-state index contributed by atoms with van der Waals surface area (Å²) >= 11 is 3.52. The van der Waals surface area contributed by atoms with Crippen molar-refractivity contribution >= 4 is 21.7 Å². The number of carbonyl (C=O) groups is 1. The summed E-state index contributed by atoms with van der Waals surface area (Å²) in [6.45, 7) is 1.29. The summed E-state index contributed by atoms with van der Waals surface area (Å²) in [7, 11) is 0. The zero-order valence-corrected chi connectivity index (χ0v) is 7.84. The molecule has 1 aliphatic heterocycles. The van der Waals surface area contributed by atoms with Crippen LogP contribution in [0.3, 0.4) is 0 Å². The SMILES string of the molecule is O=C1[C@@H]2CC[C@@H](Br)[C@H]1COC2. The normalized spacial score (nSPS) is 44.1. The first kappa shape index (κ1) is 7.74. The van der Waals surface area contributed by atoms with Crippen LogP contribution in [0.25, 0.3) is 0 Å². The highest BCUT2D eigenvalue weighted by atomic mass is 79.9. The van der Waals surface area contributed by atoms with E-state index in [0.29, 0.717) is 23.8 Å². The molecule has 0 N–H and O–H groups in total. The molecule has 1 saturated carbocycles. The number of hydrogen-bond acceptors (Lipinski definition) is 2. The summed E-state index contributed by atoms with van der Waals surface area (Å²) in [6, 6.07) is 0. The van der Waals surface area contributed by atoms with E-state index in [1.807, 2.05) is 0 Å². The molecule has 0 aromatic rings. The Morgan fingerprint density at radius 2 is 2.18 bits per heavy atom. The van der Waals surface area contributed by atoms with Crippen LogP contribution in [-0.2, 0) is 9.53 Å². The topological polar surface area (TPSA) is 26.3 Å². The van der Waals surface area contributed by atoms with Gasteiger partial charge in [0.25, 0.3) is 0 Å². The van der Waals surface area contributed by atoms with Gasteiger partial charge in [0.15, 0.2) is 0 Å². The number of alkyl halides is 1. The van der Waals surface area contributed by atoms with Gasteiger partial charge in [-0.2, -0.15) is 0 Å². The molecule has 3 heteroatoms. The maximum atomic E-state index is 11.5. The van der Waals surface area contributed by atoms with Gasteiger partial charge in [-0.25, -0.2) is 0 Å². The fourth-order valence-electron chi connectivity index (χ4n) is 1.87.